The van der Waals surface area contributed by atoms with Gasteiger partial charge in [0, 0.05) is 6.20 Å². The summed E-state index contributed by atoms with van der Waals surface area (Å²) in [6, 6.07) is 0. The Labute approximate surface area is 71.2 Å². The van der Waals surface area contributed by atoms with Crippen LogP contribution >= 0.6 is 11.6 Å². The molecule has 3 nitrogen and oxygen atoms in total. The maximum absolute atomic E-state index is 12.0. The molecule has 0 aromatic heterocycles. The first-order valence-electron chi connectivity index (χ1n) is 2.87. The van der Waals surface area contributed by atoms with Crippen molar-refractivity contribution in [3.05, 3.63) is 23.0 Å². The molecule has 0 saturated carbocycles. The fourth-order valence-electron chi connectivity index (χ4n) is 0.604. The third kappa shape index (κ3) is 1.83. The highest BCUT2D eigenvalue weighted by molar-refractivity contribution is 6.29. The van der Waals surface area contributed by atoms with Crippen molar-refractivity contribution in [2.45, 2.75) is 6.18 Å². The average molecular weight is 200 g/mol. The maximum Gasteiger partial charge on any atom is 0.417 e. The Morgan fingerprint density at radius 1 is 1.50 bits per heavy atom. The molecular weight excluding hydrogens is 195 g/mol. The Morgan fingerprint density at radius 2 is 2.08 bits per heavy atom. The minimum absolute atomic E-state index is 0.218. The lowest BCUT2D eigenvalue weighted by Crippen LogP contribution is -2.41. The number of nitrogens with zero attached hydrogens (tertiary/aromatic N) is 1. The smallest absolute Gasteiger partial charge is 0.290 e. The van der Waals surface area contributed by atoms with E-state index in [-0.39, 0.29) is 5.16 Å². The summed E-state index contributed by atoms with van der Waals surface area (Å²) in [5.41, 5.74) is 1.25. The third-order valence-electron chi connectivity index (χ3n) is 1.19. The van der Waals surface area contributed by atoms with Crippen molar-refractivity contribution >= 4 is 11.6 Å². The Kier molecular flexibility index (Phi) is 2.20. The molecule has 0 radical (unpaired) electrons. The first-order chi connectivity index (χ1) is 5.41. The van der Waals surface area contributed by atoms with E-state index in [0.717, 1.165) is 17.4 Å². The summed E-state index contributed by atoms with van der Waals surface area (Å²) in [5.74, 6) is 5.09. The highest BCUT2D eigenvalue weighted by Crippen LogP contribution is 2.29. The minimum Gasteiger partial charge on any atom is -0.290 e. The number of nitrogens with two attached hydrogens (primary N) is 1. The summed E-state index contributed by atoms with van der Waals surface area (Å²) in [4.78, 5) is 0. The summed E-state index contributed by atoms with van der Waals surface area (Å²) in [7, 11) is 0. The minimum atomic E-state index is -4.41. The number of hydrazine groups is 2. The van der Waals surface area contributed by atoms with E-state index in [1.54, 1.807) is 0 Å². The van der Waals surface area contributed by atoms with Gasteiger partial charge in [-0.05, 0) is 6.08 Å². The Balaban J connectivity index is 2.85. The van der Waals surface area contributed by atoms with Gasteiger partial charge in [-0.25, -0.2) is 11.0 Å². The molecule has 1 aliphatic heterocycles. The van der Waals surface area contributed by atoms with Gasteiger partial charge in [0.1, 0.15) is 5.16 Å². The van der Waals surface area contributed by atoms with Gasteiger partial charge in [0.15, 0.2) is 0 Å². The molecular formula is C5H5ClF3N3. The lowest BCUT2D eigenvalue weighted by Gasteiger charge is -2.22. The summed E-state index contributed by atoms with van der Waals surface area (Å²) in [6.45, 7) is 0. The second-order valence-corrected chi connectivity index (χ2v) is 2.45. The predicted octanol–water partition coefficient (Wildman–Crippen LogP) is 1.21. The van der Waals surface area contributed by atoms with E-state index in [4.69, 9.17) is 17.4 Å². The topological polar surface area (TPSA) is 41.3 Å². The van der Waals surface area contributed by atoms with Crippen LogP contribution in [0.2, 0.25) is 0 Å². The van der Waals surface area contributed by atoms with E-state index < -0.39 is 11.7 Å². The fraction of sp³-hybridized carbons (Fsp3) is 0.200. The molecule has 68 valence electrons. The number of allylic oxidation sites excluding steroid dienone is 2. The van der Waals surface area contributed by atoms with Crippen LogP contribution in [-0.4, -0.2) is 11.3 Å². The number of halogens is 4. The quantitative estimate of drug-likeness (QED) is 0.455. The lowest BCUT2D eigenvalue weighted by molar-refractivity contribution is -0.0895. The van der Waals surface area contributed by atoms with Crippen LogP contribution in [0.5, 0.6) is 0 Å². The highest BCUT2D eigenvalue weighted by Gasteiger charge is 2.34. The molecule has 0 amide bonds. The molecule has 0 aromatic rings. The molecule has 1 rings (SSSR count). The summed E-state index contributed by atoms with van der Waals surface area (Å²) >= 11 is 5.33. The molecule has 7 heteroatoms. The molecule has 0 atom stereocenters. The van der Waals surface area contributed by atoms with E-state index >= 15 is 0 Å². The van der Waals surface area contributed by atoms with Crippen LogP contribution in [0.25, 0.3) is 0 Å². The van der Waals surface area contributed by atoms with Crippen molar-refractivity contribution in [2.75, 3.05) is 0 Å². The molecule has 0 aromatic carbocycles. The molecule has 0 aliphatic carbocycles. The lowest BCUT2D eigenvalue weighted by atomic mass is 10.2. The summed E-state index contributed by atoms with van der Waals surface area (Å²) in [5, 5.41) is 0.557. The van der Waals surface area contributed by atoms with Crippen LogP contribution in [-0.2, 0) is 0 Å². The van der Waals surface area contributed by atoms with Crippen LogP contribution in [0.15, 0.2) is 23.0 Å². The largest absolute Gasteiger partial charge is 0.417 e. The van der Waals surface area contributed by atoms with E-state index in [2.05, 4.69) is 5.43 Å². The maximum atomic E-state index is 12.0. The zero-order chi connectivity index (χ0) is 9.35. The van der Waals surface area contributed by atoms with Crippen LogP contribution < -0.4 is 11.3 Å². The molecule has 0 spiro atoms. The molecule has 0 saturated heterocycles. The van der Waals surface area contributed by atoms with Gasteiger partial charge in [0.05, 0.1) is 5.57 Å². The average Bonchev–Trinajstić information content (AvgIpc) is 1.92. The number of nitrogens with one attached hydrogen (secondary N) is 1. The van der Waals surface area contributed by atoms with Crippen molar-refractivity contribution < 1.29 is 13.2 Å². The van der Waals surface area contributed by atoms with Gasteiger partial charge in [-0.3, -0.25) is 5.43 Å². The number of alkyl halides is 3. The molecule has 0 bridgehead atoms. The molecule has 3 N–H and O–H groups in total. The summed E-state index contributed by atoms with van der Waals surface area (Å²) in [6.07, 6.45) is -2.95. The normalized spacial score (nSPS) is 18.2. The molecule has 1 heterocycles. The van der Waals surface area contributed by atoms with E-state index in [1.807, 2.05) is 0 Å². The van der Waals surface area contributed by atoms with Crippen LogP contribution in [0.3, 0.4) is 0 Å². The van der Waals surface area contributed by atoms with E-state index in [1.165, 1.54) is 0 Å². The number of hydrogen-bond acceptors (Lipinski definition) is 3. The first kappa shape index (κ1) is 9.21. The van der Waals surface area contributed by atoms with Crippen molar-refractivity contribution in [1.29, 1.82) is 0 Å². The van der Waals surface area contributed by atoms with Gasteiger partial charge in [0.25, 0.3) is 0 Å². The van der Waals surface area contributed by atoms with Gasteiger partial charge in [0.2, 0.25) is 0 Å². The van der Waals surface area contributed by atoms with Crippen molar-refractivity contribution in [3.8, 4) is 0 Å². The third-order valence-corrected chi connectivity index (χ3v) is 1.48. The molecule has 12 heavy (non-hydrogen) atoms. The first-order valence-corrected chi connectivity index (χ1v) is 3.24. The van der Waals surface area contributed by atoms with Crippen LogP contribution in [0.1, 0.15) is 0 Å². The molecule has 0 unspecified atom stereocenters. The second kappa shape index (κ2) is 2.87. The zero-order valence-electron chi connectivity index (χ0n) is 5.69. The zero-order valence-corrected chi connectivity index (χ0v) is 6.45. The van der Waals surface area contributed by atoms with Crippen LogP contribution in [0, 0.1) is 0 Å². The number of hydrogen-bond donors (Lipinski definition) is 2. The van der Waals surface area contributed by atoms with Gasteiger partial charge in [-0.1, -0.05) is 11.6 Å². The summed E-state index contributed by atoms with van der Waals surface area (Å²) < 4.78 is 35.9. The highest BCUT2D eigenvalue weighted by atomic mass is 35.5. The monoisotopic (exact) mass is 199 g/mol. The van der Waals surface area contributed by atoms with Gasteiger partial charge >= 0.3 is 6.18 Å². The SMILES string of the molecule is NN1NC=C(C(F)(F)F)C=C1Cl. The van der Waals surface area contributed by atoms with Crippen molar-refractivity contribution in [1.82, 2.24) is 10.5 Å². The van der Waals surface area contributed by atoms with E-state index in [9.17, 15) is 13.2 Å². The Hall–Kier alpha value is -0.880. The van der Waals surface area contributed by atoms with Crippen molar-refractivity contribution in [3.63, 3.8) is 0 Å². The van der Waals surface area contributed by atoms with Gasteiger partial charge < -0.3 is 0 Å². The number of rotatable bonds is 0. The van der Waals surface area contributed by atoms with E-state index in [0.29, 0.717) is 0 Å². The predicted molar refractivity (Wildman–Crippen MR) is 37.2 cm³/mol. The van der Waals surface area contributed by atoms with Gasteiger partial charge in [-0.15, -0.1) is 0 Å². The van der Waals surface area contributed by atoms with Crippen molar-refractivity contribution in [2.24, 2.45) is 5.84 Å². The fourth-order valence-corrected chi connectivity index (χ4v) is 0.770. The Bertz CT molecular complexity index is 245. The standard InChI is InChI=1S/C5H5ClF3N3/c6-4-1-3(5(7,8)9)2-11-12(4)10/h1-2,11H,10H2. The second-order valence-electron chi connectivity index (χ2n) is 2.06. The Morgan fingerprint density at radius 3 is 2.50 bits per heavy atom. The molecule has 0 fully saturated rings. The van der Waals surface area contributed by atoms with Crippen LogP contribution in [0.4, 0.5) is 13.2 Å². The molecule has 1 aliphatic rings. The van der Waals surface area contributed by atoms with Gasteiger partial charge in [-0.2, -0.15) is 13.2 Å².